The van der Waals surface area contributed by atoms with E-state index in [1.807, 2.05) is 18.2 Å². The van der Waals surface area contributed by atoms with Crippen LogP contribution in [0.2, 0.25) is 0 Å². The highest BCUT2D eigenvalue weighted by molar-refractivity contribution is 7.99. The second-order valence-electron chi connectivity index (χ2n) is 11.2. The summed E-state index contributed by atoms with van der Waals surface area (Å²) >= 11 is 4.58. The number of benzene rings is 1. The first-order chi connectivity index (χ1) is 23.3. The molecule has 0 spiro atoms. The third-order valence-electron chi connectivity index (χ3n) is 8.09. The average molecular weight is 765 g/mol. The SMILES string of the molecule is CCN(Sc1ccc(C2=CCOCC2)s1)C(C1=CC=C1C(CCO)c1ccc(SN(CC)C(c2ccc(F)cc2)C(F)(F)F)s1)C(F)(F)F. The number of hydrogen-bond donors (Lipinski definition) is 1. The number of aliphatic hydroxyl groups is 1. The van der Waals surface area contributed by atoms with Gasteiger partial charge in [-0.3, -0.25) is 0 Å². The van der Waals surface area contributed by atoms with Crippen molar-refractivity contribution in [3.8, 4) is 0 Å². The van der Waals surface area contributed by atoms with Crippen LogP contribution in [0.25, 0.3) is 5.57 Å². The number of nitrogens with zero attached hydrogens (tertiary/aromatic N) is 2. The fraction of sp³-hybridized carbons (Fsp3) is 0.412. The standard InChI is InChI=1S/C34H35F7N2O2S4/c1-3-42(31(33(36,37)38)22-5-7-23(35)8-6-22)48-30-14-12-28(47-30)25(15-18-44)24-9-10-26(24)32(34(39,40)41)43(4-2)49-29-13-11-27(46-29)21-16-19-45-20-17-21/h5-14,16,25,31-32,44H,3-4,15,17-20H2,1-2H3. The smallest absolute Gasteiger partial charge is 0.396 e. The van der Waals surface area contributed by atoms with E-state index >= 15 is 0 Å². The summed E-state index contributed by atoms with van der Waals surface area (Å²) in [5.41, 5.74) is 1.57. The van der Waals surface area contributed by atoms with Gasteiger partial charge in [0, 0.05) is 35.4 Å². The molecule has 266 valence electrons. The summed E-state index contributed by atoms with van der Waals surface area (Å²) in [6.45, 7) is 4.20. The van der Waals surface area contributed by atoms with Gasteiger partial charge in [0.2, 0.25) is 0 Å². The minimum atomic E-state index is -4.65. The largest absolute Gasteiger partial charge is 0.408 e. The number of hydrogen-bond acceptors (Lipinski definition) is 8. The van der Waals surface area contributed by atoms with E-state index in [1.165, 1.54) is 33.1 Å². The Balaban J connectivity index is 1.35. The molecule has 1 aliphatic carbocycles. The predicted octanol–water partition coefficient (Wildman–Crippen LogP) is 10.7. The average Bonchev–Trinajstić information content (AvgIpc) is 3.71. The van der Waals surface area contributed by atoms with E-state index < -0.39 is 36.2 Å². The van der Waals surface area contributed by atoms with Crippen LogP contribution in [0.15, 0.2) is 86.3 Å². The summed E-state index contributed by atoms with van der Waals surface area (Å²) < 4.78 is 110. The van der Waals surface area contributed by atoms with Crippen LogP contribution in [0.5, 0.6) is 0 Å². The number of ether oxygens (including phenoxy) is 1. The number of halogens is 7. The lowest BCUT2D eigenvalue weighted by atomic mass is 9.79. The van der Waals surface area contributed by atoms with E-state index in [0.29, 0.717) is 27.9 Å². The van der Waals surface area contributed by atoms with Gasteiger partial charge in [0.05, 0.1) is 21.6 Å². The van der Waals surface area contributed by atoms with Gasteiger partial charge < -0.3 is 9.84 Å². The maximum absolute atomic E-state index is 14.9. The van der Waals surface area contributed by atoms with Crippen LogP contribution in [0.3, 0.4) is 0 Å². The van der Waals surface area contributed by atoms with Gasteiger partial charge in [-0.2, -0.15) is 26.3 Å². The third kappa shape index (κ3) is 9.23. The Morgan fingerprint density at radius 2 is 1.43 bits per heavy atom. The molecule has 3 unspecified atom stereocenters. The quantitative estimate of drug-likeness (QED) is 0.123. The van der Waals surface area contributed by atoms with Crippen LogP contribution in [0.1, 0.15) is 54.0 Å². The van der Waals surface area contributed by atoms with Crippen molar-refractivity contribution < 1.29 is 40.6 Å². The molecule has 0 saturated carbocycles. The Bertz CT molecular complexity index is 1650. The number of aliphatic hydroxyl groups excluding tert-OH is 1. The number of alkyl halides is 6. The van der Waals surface area contributed by atoms with Gasteiger partial charge in [-0.15, -0.1) is 22.7 Å². The molecule has 3 aromatic rings. The minimum Gasteiger partial charge on any atom is -0.396 e. The molecule has 1 aliphatic heterocycles. The zero-order valence-electron chi connectivity index (χ0n) is 26.6. The third-order valence-corrected chi connectivity index (χ3v) is 13.0. The van der Waals surface area contributed by atoms with Crippen LogP contribution in [-0.4, -0.2) is 65.0 Å². The Labute approximate surface area is 297 Å². The number of likely N-dealkylation sites (N-methyl/N-ethyl adjacent to an activating group) is 1. The van der Waals surface area contributed by atoms with Gasteiger partial charge in [0.15, 0.2) is 0 Å². The van der Waals surface area contributed by atoms with Crippen molar-refractivity contribution in [3.63, 3.8) is 0 Å². The van der Waals surface area contributed by atoms with E-state index in [2.05, 4.69) is 0 Å². The Morgan fingerprint density at radius 1 is 0.816 bits per heavy atom. The molecule has 3 atom stereocenters. The molecule has 4 nitrogen and oxygen atoms in total. The topological polar surface area (TPSA) is 35.9 Å². The Hall–Kier alpha value is -2.11. The summed E-state index contributed by atoms with van der Waals surface area (Å²) in [4.78, 5) is 1.64. The molecule has 1 aromatic carbocycles. The first-order valence-electron chi connectivity index (χ1n) is 15.6. The van der Waals surface area contributed by atoms with Gasteiger partial charge in [0.1, 0.15) is 17.9 Å². The van der Waals surface area contributed by atoms with Crippen molar-refractivity contribution >= 4 is 52.1 Å². The van der Waals surface area contributed by atoms with E-state index in [1.54, 1.807) is 32.1 Å². The molecule has 15 heteroatoms. The number of rotatable bonds is 15. The van der Waals surface area contributed by atoms with Crippen LogP contribution in [-0.2, 0) is 4.74 Å². The summed E-state index contributed by atoms with van der Waals surface area (Å²) in [6.07, 6.45) is -3.28. The van der Waals surface area contributed by atoms with Crippen molar-refractivity contribution in [2.45, 2.75) is 65.5 Å². The van der Waals surface area contributed by atoms with Crippen molar-refractivity contribution in [1.29, 1.82) is 0 Å². The molecule has 0 amide bonds. The first kappa shape index (κ1) is 38.1. The van der Waals surface area contributed by atoms with Gasteiger partial charge in [-0.05, 0) is 95.4 Å². The molecule has 0 radical (unpaired) electrons. The second kappa shape index (κ2) is 16.5. The minimum absolute atomic E-state index is 0.00703. The predicted molar refractivity (Wildman–Crippen MR) is 184 cm³/mol. The summed E-state index contributed by atoms with van der Waals surface area (Å²) in [6, 6.07) is 7.39. The molecule has 0 saturated heterocycles. The van der Waals surface area contributed by atoms with Gasteiger partial charge in [-0.25, -0.2) is 13.0 Å². The number of thiophene rings is 2. The molecule has 2 aromatic heterocycles. The van der Waals surface area contributed by atoms with Crippen LogP contribution < -0.4 is 0 Å². The van der Waals surface area contributed by atoms with E-state index in [-0.39, 0.29) is 37.3 Å². The monoisotopic (exact) mass is 764 g/mol. The fourth-order valence-corrected chi connectivity index (χ4v) is 10.6. The van der Waals surface area contributed by atoms with Gasteiger partial charge in [0.25, 0.3) is 0 Å². The summed E-state index contributed by atoms with van der Waals surface area (Å²) in [7, 11) is 0. The lowest BCUT2D eigenvalue weighted by molar-refractivity contribution is -0.172. The normalized spacial score (nSPS) is 17.4. The van der Waals surface area contributed by atoms with E-state index in [0.717, 1.165) is 73.5 Å². The van der Waals surface area contributed by atoms with E-state index in [9.17, 15) is 35.8 Å². The molecule has 3 heterocycles. The molecule has 0 bridgehead atoms. The lowest BCUT2D eigenvalue weighted by Gasteiger charge is -2.37. The van der Waals surface area contributed by atoms with Crippen molar-refractivity contribution in [2.75, 3.05) is 32.9 Å². The second-order valence-corrected chi connectivity index (χ2v) is 16.1. The highest BCUT2D eigenvalue weighted by atomic mass is 32.2. The fourth-order valence-electron chi connectivity index (χ4n) is 5.77. The van der Waals surface area contributed by atoms with Crippen LogP contribution in [0, 0.1) is 5.82 Å². The van der Waals surface area contributed by atoms with E-state index in [4.69, 9.17) is 4.74 Å². The zero-order chi connectivity index (χ0) is 35.3. The number of allylic oxidation sites excluding steroid dienone is 2. The highest BCUT2D eigenvalue weighted by Gasteiger charge is 2.49. The maximum atomic E-state index is 14.9. The van der Waals surface area contributed by atoms with Crippen molar-refractivity contribution in [2.24, 2.45) is 0 Å². The molecule has 0 fully saturated rings. The molecule has 2 aliphatic rings. The summed E-state index contributed by atoms with van der Waals surface area (Å²) in [5.74, 6) is -1.23. The van der Waals surface area contributed by atoms with Crippen LogP contribution >= 0.6 is 46.6 Å². The molecule has 49 heavy (non-hydrogen) atoms. The highest BCUT2D eigenvalue weighted by Crippen LogP contribution is 2.50. The van der Waals surface area contributed by atoms with Gasteiger partial charge in [-0.1, -0.05) is 44.2 Å². The Morgan fingerprint density at radius 3 is 1.98 bits per heavy atom. The Kier molecular flexibility index (Phi) is 12.8. The lowest BCUT2D eigenvalue weighted by Crippen LogP contribution is -2.45. The van der Waals surface area contributed by atoms with Gasteiger partial charge >= 0.3 is 12.4 Å². The molecular weight excluding hydrogens is 730 g/mol. The first-order valence-corrected chi connectivity index (χ1v) is 18.8. The zero-order valence-corrected chi connectivity index (χ0v) is 29.8. The molecule has 1 N–H and O–H groups in total. The van der Waals surface area contributed by atoms with Crippen molar-refractivity contribution in [3.05, 3.63) is 99.0 Å². The summed E-state index contributed by atoms with van der Waals surface area (Å²) in [5, 5.41) is 9.95. The molecular formula is C34H35F7N2O2S4. The maximum Gasteiger partial charge on any atom is 0.408 e. The van der Waals surface area contributed by atoms with Crippen LogP contribution in [0.4, 0.5) is 30.7 Å². The van der Waals surface area contributed by atoms with Crippen molar-refractivity contribution in [1.82, 2.24) is 8.61 Å². The molecule has 5 rings (SSSR count).